The Morgan fingerprint density at radius 3 is 2.66 bits per heavy atom. The lowest BCUT2D eigenvalue weighted by Crippen LogP contribution is -2.51. The number of primary amides is 1. The Morgan fingerprint density at radius 1 is 1.22 bits per heavy atom. The van der Waals surface area contributed by atoms with Crippen molar-refractivity contribution in [2.45, 2.75) is 71.4 Å². The highest BCUT2D eigenvalue weighted by atomic mass is 16.2. The zero-order valence-electron chi connectivity index (χ0n) is 19.4. The van der Waals surface area contributed by atoms with E-state index in [1.54, 1.807) is 11.0 Å². The number of hydrogen-bond donors (Lipinski definition) is 4. The van der Waals surface area contributed by atoms with Crippen molar-refractivity contribution in [3.63, 3.8) is 0 Å². The normalized spacial score (nSPS) is 22.3. The van der Waals surface area contributed by atoms with Crippen molar-refractivity contribution in [1.29, 1.82) is 0 Å². The first kappa shape index (κ1) is 23.8. The number of nitrogens with two attached hydrogens (primary N) is 2. The van der Waals surface area contributed by atoms with Gasteiger partial charge in [-0.1, -0.05) is 26.3 Å². The first-order valence-corrected chi connectivity index (χ1v) is 11.4. The first-order chi connectivity index (χ1) is 15.1. The standard InChI is InChI=1S/C24H35N5O3/c1-15-8-9-17(21(25)22(26)31)18(12-15)27-14-20(30)29-11-5-7-19(29)23(32)28-16-6-4-10-24(2,3)13-16/h8-9,12,16,19,25,27H,4-7,10-11,13-14H2,1-3H3,(H2,26,31)(H,28,32)/p+1/t16?,19-/m0/s1. The van der Waals surface area contributed by atoms with Crippen molar-refractivity contribution in [3.8, 4) is 0 Å². The number of likely N-dealkylation sites (tertiary alicyclic amines) is 1. The maximum Gasteiger partial charge on any atom is 0.313 e. The molecule has 2 atom stereocenters. The minimum absolute atomic E-state index is 0.00271. The average molecular weight is 443 g/mol. The van der Waals surface area contributed by atoms with Crippen molar-refractivity contribution in [1.82, 2.24) is 10.2 Å². The van der Waals surface area contributed by atoms with E-state index < -0.39 is 11.9 Å². The Balaban J connectivity index is 1.63. The molecule has 1 aliphatic carbocycles. The zero-order chi connectivity index (χ0) is 23.5. The van der Waals surface area contributed by atoms with Crippen LogP contribution in [0.3, 0.4) is 0 Å². The third kappa shape index (κ3) is 5.66. The van der Waals surface area contributed by atoms with Crippen LogP contribution >= 0.6 is 0 Å². The highest BCUT2D eigenvalue weighted by Crippen LogP contribution is 2.35. The summed E-state index contributed by atoms with van der Waals surface area (Å²) < 4.78 is 0. The number of anilines is 1. The minimum atomic E-state index is -0.717. The zero-order valence-corrected chi connectivity index (χ0v) is 19.4. The van der Waals surface area contributed by atoms with Crippen LogP contribution in [0.4, 0.5) is 5.69 Å². The SMILES string of the molecule is Cc1ccc(C(=[NH2+])C(N)=O)c(NCC(=O)N2CCC[C@H]2C(=O)NC2CCCC(C)(C)C2)c1. The van der Waals surface area contributed by atoms with Gasteiger partial charge >= 0.3 is 5.91 Å². The lowest BCUT2D eigenvalue weighted by atomic mass is 9.75. The number of aryl methyl sites for hydroxylation is 1. The lowest BCUT2D eigenvalue weighted by molar-refractivity contribution is -0.137. The molecule has 8 heteroatoms. The van der Waals surface area contributed by atoms with Crippen molar-refractivity contribution >= 4 is 29.1 Å². The van der Waals surface area contributed by atoms with Crippen LogP contribution in [0.5, 0.6) is 0 Å². The smallest absolute Gasteiger partial charge is 0.313 e. The van der Waals surface area contributed by atoms with Gasteiger partial charge in [0.25, 0.3) is 5.71 Å². The highest BCUT2D eigenvalue weighted by Gasteiger charge is 2.36. The van der Waals surface area contributed by atoms with Crippen LogP contribution in [0.2, 0.25) is 0 Å². The minimum Gasteiger partial charge on any atom is -0.375 e. The Hall–Kier alpha value is -2.90. The summed E-state index contributed by atoms with van der Waals surface area (Å²) >= 11 is 0. The van der Waals surface area contributed by atoms with Gasteiger partial charge in [-0.25, -0.2) is 5.41 Å². The largest absolute Gasteiger partial charge is 0.375 e. The van der Waals surface area contributed by atoms with Gasteiger partial charge in [0.05, 0.1) is 12.1 Å². The third-order valence-corrected chi connectivity index (χ3v) is 6.59. The molecule has 0 spiro atoms. The lowest BCUT2D eigenvalue weighted by Gasteiger charge is -2.36. The fourth-order valence-electron chi connectivity index (χ4n) is 4.90. The number of rotatable bonds is 7. The Morgan fingerprint density at radius 2 is 1.97 bits per heavy atom. The molecule has 1 aromatic carbocycles. The molecule has 0 aromatic heterocycles. The summed E-state index contributed by atoms with van der Waals surface area (Å²) in [6, 6.07) is 5.08. The van der Waals surface area contributed by atoms with Crippen molar-refractivity contribution in [2.75, 3.05) is 18.4 Å². The summed E-state index contributed by atoms with van der Waals surface area (Å²) in [5, 5.41) is 12.1. The number of nitrogens with one attached hydrogen (secondary N) is 2. The van der Waals surface area contributed by atoms with E-state index in [-0.39, 0.29) is 35.5 Å². The summed E-state index contributed by atoms with van der Waals surface area (Å²) in [5.74, 6) is -0.928. The number of carbonyl (C=O) groups is 3. The molecule has 1 saturated heterocycles. The Labute approximate surface area is 189 Å². The van der Waals surface area contributed by atoms with E-state index in [0.29, 0.717) is 24.2 Å². The van der Waals surface area contributed by atoms with E-state index in [0.717, 1.165) is 31.2 Å². The summed E-state index contributed by atoms with van der Waals surface area (Å²) in [6.45, 7) is 6.95. The first-order valence-electron chi connectivity index (χ1n) is 11.4. The monoisotopic (exact) mass is 442 g/mol. The Bertz CT molecular complexity index is 911. The summed E-state index contributed by atoms with van der Waals surface area (Å²) in [7, 11) is 0. The van der Waals surface area contributed by atoms with Gasteiger partial charge in [0.2, 0.25) is 11.8 Å². The van der Waals surface area contributed by atoms with E-state index in [2.05, 4.69) is 24.5 Å². The molecule has 8 nitrogen and oxygen atoms in total. The van der Waals surface area contributed by atoms with E-state index in [1.807, 2.05) is 19.1 Å². The van der Waals surface area contributed by atoms with Crippen molar-refractivity contribution in [2.24, 2.45) is 11.1 Å². The van der Waals surface area contributed by atoms with Gasteiger partial charge in [0, 0.05) is 18.3 Å². The fourth-order valence-corrected chi connectivity index (χ4v) is 4.90. The van der Waals surface area contributed by atoms with Gasteiger partial charge in [-0.15, -0.1) is 0 Å². The molecular formula is C24H36N5O3+. The third-order valence-electron chi connectivity index (χ3n) is 6.59. The van der Waals surface area contributed by atoms with E-state index in [1.165, 1.54) is 6.42 Å². The molecule has 6 N–H and O–H groups in total. The van der Waals surface area contributed by atoms with Crippen LogP contribution in [-0.4, -0.2) is 53.5 Å². The maximum atomic E-state index is 13.0. The number of carbonyl (C=O) groups excluding carboxylic acids is 3. The summed E-state index contributed by atoms with van der Waals surface area (Å²) in [6.07, 6.45) is 5.72. The molecule has 2 fully saturated rings. The molecule has 1 aliphatic heterocycles. The van der Waals surface area contributed by atoms with Gasteiger partial charge in [0.15, 0.2) is 0 Å². The number of hydrogen-bond acceptors (Lipinski definition) is 4. The van der Waals surface area contributed by atoms with E-state index in [4.69, 9.17) is 11.1 Å². The van der Waals surface area contributed by atoms with E-state index >= 15 is 0 Å². The van der Waals surface area contributed by atoms with Gasteiger partial charge in [0.1, 0.15) is 6.04 Å². The van der Waals surface area contributed by atoms with Crippen LogP contribution in [-0.2, 0) is 14.4 Å². The van der Waals surface area contributed by atoms with Gasteiger partial charge in [-0.3, -0.25) is 14.4 Å². The topological polar surface area (TPSA) is 130 Å². The van der Waals surface area contributed by atoms with Crippen LogP contribution in [0.25, 0.3) is 0 Å². The van der Waals surface area contributed by atoms with E-state index in [9.17, 15) is 14.4 Å². The molecule has 1 saturated carbocycles. The molecule has 174 valence electrons. The van der Waals surface area contributed by atoms with Gasteiger partial charge < -0.3 is 21.3 Å². The Kier molecular flexibility index (Phi) is 7.21. The van der Waals surface area contributed by atoms with Gasteiger partial charge in [-0.2, -0.15) is 0 Å². The van der Waals surface area contributed by atoms with Crippen molar-refractivity contribution < 1.29 is 19.8 Å². The predicted molar refractivity (Wildman–Crippen MR) is 124 cm³/mol. The molecular weight excluding hydrogens is 406 g/mol. The maximum absolute atomic E-state index is 13.0. The van der Waals surface area contributed by atoms with Crippen molar-refractivity contribution in [3.05, 3.63) is 29.3 Å². The molecule has 1 unspecified atom stereocenters. The second-order valence-electron chi connectivity index (χ2n) is 9.89. The molecule has 3 amide bonds. The fraction of sp³-hybridized carbons (Fsp3) is 0.583. The average Bonchev–Trinajstić information content (AvgIpc) is 3.21. The number of benzene rings is 1. The van der Waals surface area contributed by atoms with Crippen LogP contribution in [0.1, 0.15) is 63.5 Å². The van der Waals surface area contributed by atoms with Crippen LogP contribution in [0, 0.1) is 12.3 Å². The molecule has 1 aromatic rings. The van der Waals surface area contributed by atoms with Crippen LogP contribution in [0.15, 0.2) is 18.2 Å². The highest BCUT2D eigenvalue weighted by molar-refractivity contribution is 6.43. The second kappa shape index (κ2) is 9.71. The second-order valence-corrected chi connectivity index (χ2v) is 9.89. The molecule has 3 rings (SSSR count). The van der Waals surface area contributed by atoms with Crippen LogP contribution < -0.4 is 21.8 Å². The molecule has 0 bridgehead atoms. The predicted octanol–water partition coefficient (Wildman–Crippen LogP) is 0.516. The molecule has 1 heterocycles. The number of nitrogens with zero attached hydrogens (tertiary/aromatic N) is 1. The molecule has 0 radical (unpaired) electrons. The van der Waals surface area contributed by atoms with Gasteiger partial charge in [-0.05, 0) is 62.1 Å². The molecule has 32 heavy (non-hydrogen) atoms. The summed E-state index contributed by atoms with van der Waals surface area (Å²) in [5.41, 5.74) is 7.49. The quantitative estimate of drug-likeness (QED) is 0.459. The number of amides is 3. The molecule has 2 aliphatic rings. The summed E-state index contributed by atoms with van der Waals surface area (Å²) in [4.78, 5) is 39.1.